The number of hydrogen-bond donors (Lipinski definition) is 0. The van der Waals surface area contributed by atoms with Crippen LogP contribution < -0.4 is 0 Å². The first kappa shape index (κ1) is 8.12. The van der Waals surface area contributed by atoms with Crippen LogP contribution in [0.2, 0.25) is 0 Å². The van der Waals surface area contributed by atoms with Gasteiger partial charge in [0.25, 0.3) is 5.69 Å². The molecule has 0 bridgehead atoms. The molecule has 5 nitrogen and oxygen atoms in total. The molecule has 0 N–H and O–H groups in total. The van der Waals surface area contributed by atoms with Crippen LogP contribution in [-0.4, -0.2) is 16.5 Å². The lowest BCUT2D eigenvalue weighted by atomic mass is 10.1. The number of nitrogens with zero attached hydrogens (tertiary/aromatic N) is 2. The molecule has 0 spiro atoms. The van der Waals surface area contributed by atoms with Crippen molar-refractivity contribution in [1.29, 1.82) is 0 Å². The molecule has 1 aliphatic heterocycles. The summed E-state index contributed by atoms with van der Waals surface area (Å²) in [5, 5.41) is 10.3. The summed E-state index contributed by atoms with van der Waals surface area (Å²) in [7, 11) is 0. The van der Waals surface area contributed by atoms with E-state index in [0.717, 1.165) is 5.69 Å². The Morgan fingerprint density at radius 2 is 2.38 bits per heavy atom. The topological polar surface area (TPSA) is 68.6 Å². The summed E-state index contributed by atoms with van der Waals surface area (Å²) in [6.07, 6.45) is 1.25. The van der Waals surface area contributed by atoms with Crippen LogP contribution in [0.5, 0.6) is 0 Å². The van der Waals surface area contributed by atoms with Crippen molar-refractivity contribution in [3.05, 3.63) is 34.1 Å². The molecule has 0 amide bonds. The van der Waals surface area contributed by atoms with Gasteiger partial charge in [0.05, 0.1) is 17.2 Å². The predicted octanol–water partition coefficient (Wildman–Crippen LogP) is 1.24. The van der Waals surface area contributed by atoms with Gasteiger partial charge in [0.1, 0.15) is 11.8 Å². The number of aromatic nitrogens is 1. The summed E-state index contributed by atoms with van der Waals surface area (Å²) in [5.74, 6) is 0. The Balaban J connectivity index is 2.28. The first-order valence-corrected chi connectivity index (χ1v) is 3.87. The fraction of sp³-hybridized carbons (Fsp3) is 0.375. The molecule has 1 aromatic heterocycles. The van der Waals surface area contributed by atoms with Crippen molar-refractivity contribution >= 4 is 5.69 Å². The second-order valence-corrected chi connectivity index (χ2v) is 3.18. The maximum atomic E-state index is 10.3. The van der Waals surface area contributed by atoms with Gasteiger partial charge in [-0.25, -0.2) is 0 Å². The molecule has 1 fully saturated rings. The summed E-state index contributed by atoms with van der Waals surface area (Å²) < 4.78 is 5.15. The maximum absolute atomic E-state index is 10.3. The lowest BCUT2D eigenvalue weighted by Gasteiger charge is -2.02. The van der Waals surface area contributed by atoms with Gasteiger partial charge in [-0.05, 0) is 13.0 Å². The summed E-state index contributed by atoms with van der Waals surface area (Å²) >= 11 is 0. The van der Waals surface area contributed by atoms with Crippen LogP contribution in [0, 0.1) is 10.1 Å². The van der Waals surface area contributed by atoms with Crippen LogP contribution in [0.3, 0.4) is 0 Å². The Morgan fingerprint density at radius 1 is 1.69 bits per heavy atom. The number of pyridine rings is 1. The molecule has 1 atom stereocenters. The zero-order chi connectivity index (χ0) is 9.47. The zero-order valence-electron chi connectivity index (χ0n) is 7.06. The Kier molecular flexibility index (Phi) is 1.56. The molecule has 2 heterocycles. The second-order valence-electron chi connectivity index (χ2n) is 3.18. The molecule has 0 aliphatic carbocycles. The van der Waals surface area contributed by atoms with Crippen molar-refractivity contribution in [3.63, 3.8) is 0 Å². The van der Waals surface area contributed by atoms with Crippen LogP contribution in [0.25, 0.3) is 0 Å². The third kappa shape index (κ3) is 1.38. The van der Waals surface area contributed by atoms with Crippen molar-refractivity contribution in [1.82, 2.24) is 4.98 Å². The largest absolute Gasteiger partial charge is 0.363 e. The normalized spacial score (nSPS) is 25.6. The van der Waals surface area contributed by atoms with Gasteiger partial charge < -0.3 is 4.74 Å². The Labute approximate surface area is 74.5 Å². The van der Waals surface area contributed by atoms with Gasteiger partial charge >= 0.3 is 0 Å². The standard InChI is InChI=1S/C8H8N2O3/c1-8(5-13-8)7-3-2-6(4-9-7)10(11)12/h2-4H,5H2,1H3. The Bertz CT molecular complexity index is 343. The third-order valence-corrected chi connectivity index (χ3v) is 2.08. The van der Waals surface area contributed by atoms with Crippen molar-refractivity contribution in [3.8, 4) is 0 Å². The first-order valence-electron chi connectivity index (χ1n) is 3.87. The SMILES string of the molecule is CC1(c2ccc([N+](=O)[O-])cn2)CO1. The minimum Gasteiger partial charge on any atom is -0.363 e. The van der Waals surface area contributed by atoms with Gasteiger partial charge in [-0.2, -0.15) is 0 Å². The fourth-order valence-electron chi connectivity index (χ4n) is 1.06. The smallest absolute Gasteiger partial charge is 0.287 e. The van der Waals surface area contributed by atoms with Gasteiger partial charge in [0.15, 0.2) is 0 Å². The molecule has 0 aromatic carbocycles. The zero-order valence-corrected chi connectivity index (χ0v) is 7.06. The summed E-state index contributed by atoms with van der Waals surface area (Å²) in [5.41, 5.74) is 0.445. The van der Waals surface area contributed by atoms with E-state index in [1.807, 2.05) is 6.92 Å². The van der Waals surface area contributed by atoms with E-state index in [2.05, 4.69) is 4.98 Å². The third-order valence-electron chi connectivity index (χ3n) is 2.08. The summed E-state index contributed by atoms with van der Waals surface area (Å²) in [6.45, 7) is 2.54. The highest BCUT2D eigenvalue weighted by Crippen LogP contribution is 2.36. The van der Waals surface area contributed by atoms with E-state index in [1.165, 1.54) is 12.3 Å². The number of ether oxygens (including phenoxy) is 1. The average Bonchev–Trinajstić information content (AvgIpc) is 2.85. The molecule has 1 saturated heterocycles. The Morgan fingerprint density at radius 3 is 2.77 bits per heavy atom. The van der Waals surface area contributed by atoms with Crippen LogP contribution >= 0.6 is 0 Å². The average molecular weight is 180 g/mol. The molecule has 68 valence electrons. The monoisotopic (exact) mass is 180 g/mol. The van der Waals surface area contributed by atoms with E-state index in [-0.39, 0.29) is 11.3 Å². The van der Waals surface area contributed by atoms with Crippen molar-refractivity contribution in [2.45, 2.75) is 12.5 Å². The van der Waals surface area contributed by atoms with Gasteiger partial charge in [-0.15, -0.1) is 0 Å². The molecule has 0 radical (unpaired) electrons. The van der Waals surface area contributed by atoms with Crippen LogP contribution in [-0.2, 0) is 10.3 Å². The van der Waals surface area contributed by atoms with Gasteiger partial charge in [0, 0.05) is 6.07 Å². The van der Waals surface area contributed by atoms with E-state index in [9.17, 15) is 10.1 Å². The lowest BCUT2D eigenvalue weighted by Crippen LogP contribution is -2.04. The summed E-state index contributed by atoms with van der Waals surface area (Å²) in [6, 6.07) is 3.07. The number of hydrogen-bond acceptors (Lipinski definition) is 4. The van der Waals surface area contributed by atoms with Crippen LogP contribution in [0.1, 0.15) is 12.6 Å². The number of epoxide rings is 1. The van der Waals surface area contributed by atoms with E-state index in [1.54, 1.807) is 6.07 Å². The first-order chi connectivity index (χ1) is 6.12. The molecule has 5 heteroatoms. The van der Waals surface area contributed by atoms with Crippen molar-refractivity contribution in [2.24, 2.45) is 0 Å². The molecule has 13 heavy (non-hydrogen) atoms. The maximum Gasteiger partial charge on any atom is 0.287 e. The van der Waals surface area contributed by atoms with Gasteiger partial charge in [0.2, 0.25) is 0 Å². The van der Waals surface area contributed by atoms with Crippen molar-refractivity contribution < 1.29 is 9.66 Å². The fourth-order valence-corrected chi connectivity index (χ4v) is 1.06. The van der Waals surface area contributed by atoms with E-state index in [0.29, 0.717) is 6.61 Å². The Hall–Kier alpha value is -1.49. The molecular formula is C8H8N2O3. The van der Waals surface area contributed by atoms with E-state index < -0.39 is 4.92 Å². The molecule has 2 rings (SSSR count). The quantitative estimate of drug-likeness (QED) is 0.390. The number of nitro groups is 1. The highest BCUT2D eigenvalue weighted by Gasteiger charge is 2.42. The van der Waals surface area contributed by atoms with Crippen LogP contribution in [0.15, 0.2) is 18.3 Å². The van der Waals surface area contributed by atoms with E-state index in [4.69, 9.17) is 4.74 Å². The molecule has 1 unspecified atom stereocenters. The summed E-state index contributed by atoms with van der Waals surface area (Å²) in [4.78, 5) is 13.8. The molecule has 1 aliphatic rings. The number of rotatable bonds is 2. The second kappa shape index (κ2) is 2.50. The van der Waals surface area contributed by atoms with E-state index >= 15 is 0 Å². The highest BCUT2D eigenvalue weighted by atomic mass is 16.6. The minimum absolute atomic E-state index is 0.00741. The van der Waals surface area contributed by atoms with Crippen LogP contribution in [0.4, 0.5) is 5.69 Å². The van der Waals surface area contributed by atoms with Crippen molar-refractivity contribution in [2.75, 3.05) is 6.61 Å². The predicted molar refractivity (Wildman–Crippen MR) is 44.2 cm³/mol. The van der Waals surface area contributed by atoms with Gasteiger partial charge in [-0.1, -0.05) is 0 Å². The highest BCUT2D eigenvalue weighted by molar-refractivity contribution is 5.29. The molecular weight excluding hydrogens is 172 g/mol. The molecule has 0 saturated carbocycles. The van der Waals surface area contributed by atoms with Gasteiger partial charge in [-0.3, -0.25) is 15.1 Å². The lowest BCUT2D eigenvalue weighted by molar-refractivity contribution is -0.385. The molecule has 1 aromatic rings. The minimum atomic E-state index is -0.465.